The minimum atomic E-state index is -3.88. The fourth-order valence-electron chi connectivity index (χ4n) is 1.62. The van der Waals surface area contributed by atoms with Crippen molar-refractivity contribution in [3.05, 3.63) is 54.1 Å². The molecular weight excluding hydrogens is 269 g/mol. The van der Waals surface area contributed by atoms with E-state index in [1.165, 1.54) is 42.7 Å². The van der Waals surface area contributed by atoms with Gasteiger partial charge in [-0.1, -0.05) is 6.07 Å². The molecule has 0 bridgehead atoms. The maximum absolute atomic E-state index is 13.5. The molecule has 0 aliphatic heterocycles. The zero-order valence-corrected chi connectivity index (χ0v) is 10.7. The molecule has 0 atom stereocenters. The summed E-state index contributed by atoms with van der Waals surface area (Å²) >= 11 is 0. The molecule has 0 unspecified atom stereocenters. The molecule has 0 fully saturated rings. The number of aromatic nitrogens is 1. The van der Waals surface area contributed by atoms with Crippen molar-refractivity contribution in [3.63, 3.8) is 0 Å². The summed E-state index contributed by atoms with van der Waals surface area (Å²) in [6.45, 7) is -0.195. The first kappa shape index (κ1) is 13.4. The van der Waals surface area contributed by atoms with Gasteiger partial charge in [-0.15, -0.1) is 0 Å². The molecule has 0 saturated heterocycles. The van der Waals surface area contributed by atoms with Crippen LogP contribution in [0.25, 0.3) is 0 Å². The lowest BCUT2D eigenvalue weighted by atomic mass is 10.2. The molecule has 0 radical (unpaired) electrons. The summed E-state index contributed by atoms with van der Waals surface area (Å²) in [6.07, 6.45) is 2.90. The van der Waals surface area contributed by atoms with Crippen molar-refractivity contribution >= 4 is 15.7 Å². The number of anilines is 1. The number of nitrogens with one attached hydrogen (secondary N) is 1. The molecule has 1 aromatic carbocycles. The van der Waals surface area contributed by atoms with Crippen molar-refractivity contribution in [1.82, 2.24) is 4.98 Å². The molecule has 0 aliphatic rings. The topological polar surface area (TPSA) is 85.1 Å². The zero-order chi connectivity index (χ0) is 13.9. The van der Waals surface area contributed by atoms with Gasteiger partial charge in [-0.05, 0) is 24.3 Å². The molecule has 5 nitrogen and oxygen atoms in total. The molecule has 0 aliphatic carbocycles. The molecule has 1 heterocycles. The number of halogens is 1. The maximum Gasteiger partial charge on any atom is 0.262 e. The van der Waals surface area contributed by atoms with Gasteiger partial charge in [0.15, 0.2) is 0 Å². The molecule has 1 aromatic heterocycles. The van der Waals surface area contributed by atoms with Gasteiger partial charge in [-0.2, -0.15) is 0 Å². The lowest BCUT2D eigenvalue weighted by Crippen LogP contribution is -2.17. The monoisotopic (exact) mass is 281 g/mol. The number of nitrogens with two attached hydrogens (primary N) is 1. The van der Waals surface area contributed by atoms with Crippen LogP contribution in [0.5, 0.6) is 0 Å². The summed E-state index contributed by atoms with van der Waals surface area (Å²) in [7, 11) is -3.88. The van der Waals surface area contributed by atoms with E-state index < -0.39 is 15.8 Å². The zero-order valence-electron chi connectivity index (χ0n) is 9.88. The molecule has 2 aromatic rings. The van der Waals surface area contributed by atoms with Crippen molar-refractivity contribution in [3.8, 4) is 0 Å². The Balaban J connectivity index is 2.43. The second kappa shape index (κ2) is 5.33. The summed E-state index contributed by atoms with van der Waals surface area (Å²) in [5, 5.41) is 0. The van der Waals surface area contributed by atoms with E-state index in [2.05, 4.69) is 9.71 Å². The molecule has 100 valence electrons. The number of hydrogen-bond acceptors (Lipinski definition) is 4. The highest BCUT2D eigenvalue weighted by Gasteiger charge is 2.20. The summed E-state index contributed by atoms with van der Waals surface area (Å²) in [4.78, 5) is 3.62. The van der Waals surface area contributed by atoms with Gasteiger partial charge in [0.25, 0.3) is 10.0 Å². The van der Waals surface area contributed by atoms with E-state index in [9.17, 15) is 12.8 Å². The Morgan fingerprint density at radius 1 is 1.21 bits per heavy atom. The van der Waals surface area contributed by atoms with Crippen LogP contribution in [0, 0.1) is 5.82 Å². The lowest BCUT2D eigenvalue weighted by molar-refractivity contribution is 0.585. The number of hydrogen-bond donors (Lipinski definition) is 2. The van der Waals surface area contributed by atoms with Crippen LogP contribution >= 0.6 is 0 Å². The Kier molecular flexibility index (Phi) is 3.77. The summed E-state index contributed by atoms with van der Waals surface area (Å²) in [5.74, 6) is -0.639. The van der Waals surface area contributed by atoms with Crippen LogP contribution in [0.1, 0.15) is 5.56 Å². The number of sulfonamides is 1. The first-order valence-electron chi connectivity index (χ1n) is 5.45. The third-order valence-corrected chi connectivity index (χ3v) is 3.97. The van der Waals surface area contributed by atoms with Gasteiger partial charge in [0.05, 0.1) is 10.6 Å². The smallest absolute Gasteiger partial charge is 0.262 e. The van der Waals surface area contributed by atoms with E-state index in [1.54, 1.807) is 0 Å². The predicted molar refractivity (Wildman–Crippen MR) is 69.3 cm³/mol. The third kappa shape index (κ3) is 2.88. The minimum absolute atomic E-state index is 0.0379. The maximum atomic E-state index is 13.5. The highest BCUT2D eigenvalue weighted by molar-refractivity contribution is 7.92. The van der Waals surface area contributed by atoms with Gasteiger partial charge in [-0.3, -0.25) is 9.71 Å². The van der Waals surface area contributed by atoms with E-state index in [-0.39, 0.29) is 17.0 Å². The highest BCUT2D eigenvalue weighted by atomic mass is 32.2. The quantitative estimate of drug-likeness (QED) is 0.889. The third-order valence-electron chi connectivity index (χ3n) is 2.50. The molecular formula is C12H12FN3O2S. The van der Waals surface area contributed by atoms with E-state index in [0.717, 1.165) is 0 Å². The molecule has 2 rings (SSSR count). The van der Waals surface area contributed by atoms with Crippen molar-refractivity contribution in [2.75, 3.05) is 4.72 Å². The Bertz CT molecular complexity index is 675. The van der Waals surface area contributed by atoms with Crippen LogP contribution in [0.4, 0.5) is 10.1 Å². The average Bonchev–Trinajstić information content (AvgIpc) is 2.39. The Morgan fingerprint density at radius 3 is 2.53 bits per heavy atom. The minimum Gasteiger partial charge on any atom is -0.326 e. The molecule has 3 N–H and O–H groups in total. The summed E-state index contributed by atoms with van der Waals surface area (Å²) in [6, 6.07) is 6.82. The van der Waals surface area contributed by atoms with Crippen molar-refractivity contribution in [1.29, 1.82) is 0 Å². The van der Waals surface area contributed by atoms with Crippen LogP contribution in [-0.4, -0.2) is 13.4 Å². The largest absolute Gasteiger partial charge is 0.326 e. The van der Waals surface area contributed by atoms with Gasteiger partial charge < -0.3 is 5.73 Å². The SMILES string of the molecule is NCc1c(F)cccc1S(=O)(=O)Nc1ccncc1. The Labute approximate surface area is 110 Å². The molecule has 7 heteroatoms. The predicted octanol–water partition coefficient (Wildman–Crippen LogP) is 1.48. The van der Waals surface area contributed by atoms with Gasteiger partial charge in [0.1, 0.15) is 5.82 Å². The lowest BCUT2D eigenvalue weighted by Gasteiger charge is -2.11. The van der Waals surface area contributed by atoms with Crippen molar-refractivity contribution < 1.29 is 12.8 Å². The number of pyridine rings is 1. The molecule has 0 saturated carbocycles. The Morgan fingerprint density at radius 2 is 1.89 bits per heavy atom. The van der Waals surface area contributed by atoms with Crippen LogP contribution in [0.3, 0.4) is 0 Å². The normalized spacial score (nSPS) is 11.3. The average molecular weight is 281 g/mol. The van der Waals surface area contributed by atoms with Crippen LogP contribution < -0.4 is 10.5 Å². The number of benzene rings is 1. The summed E-state index contributed by atoms with van der Waals surface area (Å²) in [5.41, 5.74) is 5.71. The molecule has 0 amide bonds. The van der Waals surface area contributed by atoms with Gasteiger partial charge >= 0.3 is 0 Å². The van der Waals surface area contributed by atoms with Gasteiger partial charge in [0, 0.05) is 24.5 Å². The van der Waals surface area contributed by atoms with Crippen molar-refractivity contribution in [2.24, 2.45) is 5.73 Å². The van der Waals surface area contributed by atoms with E-state index >= 15 is 0 Å². The standard InChI is InChI=1S/C12H12FN3O2S/c13-11-2-1-3-12(10(11)8-14)19(17,18)16-9-4-6-15-7-5-9/h1-7H,8,14H2,(H,15,16). The second-order valence-electron chi connectivity index (χ2n) is 3.76. The van der Waals surface area contributed by atoms with Crippen molar-refractivity contribution in [2.45, 2.75) is 11.4 Å². The Hall–Kier alpha value is -1.99. The number of nitrogens with zero attached hydrogens (tertiary/aromatic N) is 1. The fraction of sp³-hybridized carbons (Fsp3) is 0.0833. The van der Waals surface area contributed by atoms with E-state index in [1.807, 2.05) is 0 Å². The summed E-state index contributed by atoms with van der Waals surface area (Å²) < 4.78 is 40.2. The van der Waals surface area contributed by atoms with Crippen LogP contribution in [0.2, 0.25) is 0 Å². The van der Waals surface area contributed by atoms with E-state index in [0.29, 0.717) is 5.69 Å². The first-order valence-corrected chi connectivity index (χ1v) is 6.93. The van der Waals surface area contributed by atoms with Gasteiger partial charge in [0.2, 0.25) is 0 Å². The van der Waals surface area contributed by atoms with E-state index in [4.69, 9.17) is 5.73 Å². The number of rotatable bonds is 4. The van der Waals surface area contributed by atoms with Gasteiger partial charge in [-0.25, -0.2) is 12.8 Å². The first-order chi connectivity index (χ1) is 9.04. The molecule has 0 spiro atoms. The highest BCUT2D eigenvalue weighted by Crippen LogP contribution is 2.21. The molecule has 19 heavy (non-hydrogen) atoms. The van der Waals surface area contributed by atoms with Crippen LogP contribution in [0.15, 0.2) is 47.6 Å². The van der Waals surface area contributed by atoms with Crippen LogP contribution in [-0.2, 0) is 16.6 Å². The fourth-order valence-corrected chi connectivity index (χ4v) is 2.94. The second-order valence-corrected chi connectivity index (χ2v) is 5.41.